The van der Waals surface area contributed by atoms with Crippen molar-refractivity contribution in [2.75, 3.05) is 5.43 Å². The van der Waals surface area contributed by atoms with Gasteiger partial charge in [-0.2, -0.15) is 5.10 Å². The van der Waals surface area contributed by atoms with Crippen molar-refractivity contribution in [1.82, 2.24) is 9.55 Å². The first-order valence-corrected chi connectivity index (χ1v) is 8.41. The SMILES string of the molecule is Cn1c(N/N=C\c2ccccc2)nc2sc3c(c2c1=O)CCC3. The van der Waals surface area contributed by atoms with Crippen LogP contribution < -0.4 is 11.0 Å². The fourth-order valence-corrected chi connectivity index (χ4v) is 4.18. The molecule has 0 atom stereocenters. The van der Waals surface area contributed by atoms with Crippen molar-refractivity contribution in [3.05, 3.63) is 56.7 Å². The Morgan fingerprint density at radius 3 is 2.96 bits per heavy atom. The second-order valence-corrected chi connectivity index (χ2v) is 6.70. The number of hydrogen-bond acceptors (Lipinski definition) is 5. The Morgan fingerprint density at radius 2 is 2.13 bits per heavy atom. The van der Waals surface area contributed by atoms with Gasteiger partial charge in [0.1, 0.15) is 4.83 Å². The summed E-state index contributed by atoms with van der Waals surface area (Å²) in [4.78, 5) is 19.4. The Morgan fingerprint density at radius 1 is 1.30 bits per heavy atom. The molecule has 0 radical (unpaired) electrons. The third kappa shape index (κ3) is 2.45. The summed E-state index contributed by atoms with van der Waals surface area (Å²) >= 11 is 1.64. The number of aryl methyl sites for hydroxylation is 2. The molecule has 2 heterocycles. The maximum absolute atomic E-state index is 12.6. The zero-order valence-electron chi connectivity index (χ0n) is 12.7. The van der Waals surface area contributed by atoms with E-state index in [-0.39, 0.29) is 5.56 Å². The third-order valence-electron chi connectivity index (χ3n) is 4.12. The highest BCUT2D eigenvalue weighted by Crippen LogP contribution is 2.34. The summed E-state index contributed by atoms with van der Waals surface area (Å²) in [5.74, 6) is 0.467. The minimum atomic E-state index is 0.00631. The number of hydrogen-bond donors (Lipinski definition) is 1. The van der Waals surface area contributed by atoms with Crippen molar-refractivity contribution in [2.24, 2.45) is 12.1 Å². The van der Waals surface area contributed by atoms with Gasteiger partial charge in [-0.25, -0.2) is 10.4 Å². The van der Waals surface area contributed by atoms with E-state index in [0.29, 0.717) is 5.95 Å². The lowest BCUT2D eigenvalue weighted by atomic mass is 10.2. The Balaban J connectivity index is 1.70. The van der Waals surface area contributed by atoms with Crippen LogP contribution in [0.4, 0.5) is 5.95 Å². The lowest BCUT2D eigenvalue weighted by Gasteiger charge is -2.06. The molecule has 1 aromatic carbocycles. The summed E-state index contributed by atoms with van der Waals surface area (Å²) in [5, 5.41) is 4.99. The van der Waals surface area contributed by atoms with Crippen molar-refractivity contribution in [3.63, 3.8) is 0 Å². The predicted octanol–water partition coefficient (Wildman–Crippen LogP) is 2.93. The zero-order chi connectivity index (χ0) is 15.8. The molecule has 0 amide bonds. The quantitative estimate of drug-likeness (QED) is 0.595. The fourth-order valence-electron chi connectivity index (χ4n) is 2.93. The molecule has 0 spiro atoms. The normalized spacial score (nSPS) is 13.8. The summed E-state index contributed by atoms with van der Waals surface area (Å²) in [6.07, 6.45) is 4.91. The summed E-state index contributed by atoms with van der Waals surface area (Å²) < 4.78 is 1.54. The average molecular weight is 324 g/mol. The van der Waals surface area contributed by atoms with E-state index < -0.39 is 0 Å². The van der Waals surface area contributed by atoms with Gasteiger partial charge in [0.05, 0.1) is 11.6 Å². The van der Waals surface area contributed by atoms with Crippen molar-refractivity contribution in [2.45, 2.75) is 19.3 Å². The molecule has 6 heteroatoms. The van der Waals surface area contributed by atoms with Gasteiger partial charge in [-0.3, -0.25) is 9.36 Å². The number of fused-ring (bicyclic) bond motifs is 3. The molecule has 116 valence electrons. The van der Waals surface area contributed by atoms with Crippen molar-refractivity contribution < 1.29 is 0 Å². The minimum Gasteiger partial charge on any atom is -0.280 e. The summed E-state index contributed by atoms with van der Waals surface area (Å²) in [7, 11) is 1.73. The van der Waals surface area contributed by atoms with Crippen LogP contribution >= 0.6 is 11.3 Å². The van der Waals surface area contributed by atoms with Gasteiger partial charge in [-0.05, 0) is 30.4 Å². The number of nitrogens with zero attached hydrogens (tertiary/aromatic N) is 3. The van der Waals surface area contributed by atoms with E-state index >= 15 is 0 Å². The second-order valence-electron chi connectivity index (χ2n) is 5.62. The van der Waals surface area contributed by atoms with E-state index in [0.717, 1.165) is 35.0 Å². The van der Waals surface area contributed by atoms with Gasteiger partial charge in [-0.1, -0.05) is 30.3 Å². The van der Waals surface area contributed by atoms with E-state index in [1.54, 1.807) is 24.6 Å². The Bertz CT molecular complexity index is 956. The molecule has 0 unspecified atom stereocenters. The van der Waals surface area contributed by atoms with Gasteiger partial charge in [0.2, 0.25) is 5.95 Å². The Labute approximate surface area is 137 Å². The molecular formula is C17H16N4OS. The summed E-state index contributed by atoms with van der Waals surface area (Å²) in [6.45, 7) is 0. The van der Waals surface area contributed by atoms with Gasteiger partial charge in [0, 0.05) is 11.9 Å². The maximum atomic E-state index is 12.6. The molecule has 2 aromatic heterocycles. The molecule has 0 fully saturated rings. The summed E-state index contributed by atoms with van der Waals surface area (Å²) in [5.41, 5.74) is 5.09. The van der Waals surface area contributed by atoms with Crippen molar-refractivity contribution in [3.8, 4) is 0 Å². The molecule has 1 aliphatic carbocycles. The summed E-state index contributed by atoms with van der Waals surface area (Å²) in [6, 6.07) is 9.79. The van der Waals surface area contributed by atoms with E-state index in [9.17, 15) is 4.79 Å². The van der Waals surface area contributed by atoms with Crippen molar-refractivity contribution >= 4 is 33.7 Å². The van der Waals surface area contributed by atoms with Crippen LogP contribution in [0.2, 0.25) is 0 Å². The number of rotatable bonds is 3. The smallest absolute Gasteiger partial charge is 0.263 e. The van der Waals surface area contributed by atoms with Gasteiger partial charge >= 0.3 is 0 Å². The number of thiophene rings is 1. The number of nitrogens with one attached hydrogen (secondary N) is 1. The number of anilines is 1. The molecule has 0 saturated carbocycles. The zero-order valence-corrected chi connectivity index (χ0v) is 13.6. The molecule has 1 aliphatic rings. The highest BCUT2D eigenvalue weighted by Gasteiger charge is 2.22. The molecule has 3 aromatic rings. The van der Waals surface area contributed by atoms with Gasteiger partial charge < -0.3 is 0 Å². The van der Waals surface area contributed by atoms with Crippen LogP contribution in [0.5, 0.6) is 0 Å². The minimum absolute atomic E-state index is 0.00631. The van der Waals surface area contributed by atoms with E-state index in [4.69, 9.17) is 0 Å². The molecule has 0 saturated heterocycles. The maximum Gasteiger partial charge on any atom is 0.263 e. The molecule has 5 nitrogen and oxygen atoms in total. The highest BCUT2D eigenvalue weighted by molar-refractivity contribution is 7.18. The molecule has 1 N–H and O–H groups in total. The van der Waals surface area contributed by atoms with Crippen LogP contribution in [0.25, 0.3) is 10.2 Å². The lowest BCUT2D eigenvalue weighted by molar-refractivity contribution is 0.845. The van der Waals surface area contributed by atoms with Crippen molar-refractivity contribution in [1.29, 1.82) is 0 Å². The van der Waals surface area contributed by atoms with Gasteiger partial charge in [0.15, 0.2) is 0 Å². The van der Waals surface area contributed by atoms with E-state index in [1.165, 1.54) is 15.0 Å². The van der Waals surface area contributed by atoms with Crippen LogP contribution in [-0.2, 0) is 19.9 Å². The van der Waals surface area contributed by atoms with Gasteiger partial charge in [0.25, 0.3) is 5.56 Å². The largest absolute Gasteiger partial charge is 0.280 e. The Hall–Kier alpha value is -2.47. The monoisotopic (exact) mass is 324 g/mol. The van der Waals surface area contributed by atoms with Gasteiger partial charge in [-0.15, -0.1) is 11.3 Å². The first-order chi connectivity index (χ1) is 11.2. The second kappa shape index (κ2) is 5.62. The van der Waals surface area contributed by atoms with Crippen LogP contribution in [0, 0.1) is 0 Å². The Kier molecular flexibility index (Phi) is 3.46. The number of benzene rings is 1. The van der Waals surface area contributed by atoms with E-state index in [1.807, 2.05) is 30.3 Å². The first kappa shape index (κ1) is 14.1. The standard InChI is InChI=1S/C17H16N4OS/c1-21-16(22)14-12-8-5-9-13(12)23-15(14)19-17(21)20-18-10-11-6-3-2-4-7-11/h2-4,6-7,10H,5,8-9H2,1H3,(H,19,20)/b18-10-. The molecule has 0 bridgehead atoms. The molecular weight excluding hydrogens is 308 g/mol. The lowest BCUT2D eigenvalue weighted by Crippen LogP contribution is -2.21. The third-order valence-corrected chi connectivity index (χ3v) is 5.31. The first-order valence-electron chi connectivity index (χ1n) is 7.59. The van der Waals surface area contributed by atoms with Crippen LogP contribution in [-0.4, -0.2) is 15.8 Å². The van der Waals surface area contributed by atoms with Crippen LogP contribution in [0.15, 0.2) is 40.2 Å². The van der Waals surface area contributed by atoms with E-state index in [2.05, 4.69) is 15.5 Å². The average Bonchev–Trinajstić information content (AvgIpc) is 3.13. The molecule has 4 rings (SSSR count). The van der Waals surface area contributed by atoms with Crippen LogP contribution in [0.3, 0.4) is 0 Å². The molecule has 0 aliphatic heterocycles. The number of hydrazone groups is 1. The predicted molar refractivity (Wildman–Crippen MR) is 94.5 cm³/mol. The number of aromatic nitrogens is 2. The topological polar surface area (TPSA) is 59.3 Å². The fraction of sp³-hybridized carbons (Fsp3) is 0.235. The highest BCUT2D eigenvalue weighted by atomic mass is 32.1. The molecule has 23 heavy (non-hydrogen) atoms. The van der Waals surface area contributed by atoms with Crippen LogP contribution in [0.1, 0.15) is 22.4 Å².